The summed E-state index contributed by atoms with van der Waals surface area (Å²) in [5, 5.41) is 6.99. The number of esters is 1. The number of pyridine rings is 1. The number of rotatable bonds is 4. The van der Waals surface area contributed by atoms with Crippen molar-refractivity contribution in [3.05, 3.63) is 23.5 Å². The highest BCUT2D eigenvalue weighted by Gasteiger charge is 2.18. The minimum atomic E-state index is -0.721. The summed E-state index contributed by atoms with van der Waals surface area (Å²) in [7, 11) is 0. The van der Waals surface area contributed by atoms with Gasteiger partial charge in [-0.25, -0.2) is 9.78 Å². The number of nitrogens with zero attached hydrogens (tertiary/aromatic N) is 2. The molecule has 0 aliphatic heterocycles. The van der Waals surface area contributed by atoms with E-state index >= 15 is 0 Å². The first-order chi connectivity index (χ1) is 9.52. The summed E-state index contributed by atoms with van der Waals surface area (Å²) in [4.78, 5) is 27.5. The largest absolute Gasteiger partial charge is 0.464 e. The number of hydrogen-bond acceptors (Lipinski definition) is 6. The van der Waals surface area contributed by atoms with E-state index in [9.17, 15) is 9.59 Å². The second kappa shape index (κ2) is 5.68. The van der Waals surface area contributed by atoms with E-state index in [0.717, 1.165) is 0 Å². The molecule has 0 aliphatic rings. The molecule has 0 aromatic carbocycles. The quantitative estimate of drug-likeness (QED) is 0.844. The average Bonchev–Trinajstić information content (AvgIpc) is 2.80. The van der Waals surface area contributed by atoms with Gasteiger partial charge < -0.3 is 14.6 Å². The summed E-state index contributed by atoms with van der Waals surface area (Å²) in [6.07, 6.45) is 1.38. The lowest BCUT2D eigenvalue weighted by Crippen LogP contribution is -2.39. The zero-order valence-corrected chi connectivity index (χ0v) is 11.5. The van der Waals surface area contributed by atoms with E-state index in [2.05, 4.69) is 15.5 Å². The molecule has 1 N–H and O–H groups in total. The molecule has 0 bridgehead atoms. The fourth-order valence-electron chi connectivity index (χ4n) is 1.68. The Bertz CT molecular complexity index is 650. The van der Waals surface area contributed by atoms with Crippen LogP contribution in [0.3, 0.4) is 0 Å². The van der Waals surface area contributed by atoms with Crippen LogP contribution < -0.4 is 5.32 Å². The maximum atomic E-state index is 12.0. The Morgan fingerprint density at radius 3 is 2.95 bits per heavy atom. The molecular weight excluding hydrogens is 262 g/mol. The van der Waals surface area contributed by atoms with E-state index < -0.39 is 17.9 Å². The van der Waals surface area contributed by atoms with Crippen molar-refractivity contribution in [1.29, 1.82) is 0 Å². The van der Waals surface area contributed by atoms with Gasteiger partial charge in [0.2, 0.25) is 0 Å². The normalized spacial score (nSPS) is 12.2. The Hall–Kier alpha value is -2.44. The highest BCUT2D eigenvalue weighted by molar-refractivity contribution is 5.98. The van der Waals surface area contributed by atoms with Gasteiger partial charge in [-0.2, -0.15) is 0 Å². The van der Waals surface area contributed by atoms with Gasteiger partial charge in [0.15, 0.2) is 0 Å². The van der Waals surface area contributed by atoms with Crippen LogP contribution in [-0.4, -0.2) is 34.7 Å². The molecule has 2 aromatic rings. The molecule has 106 valence electrons. The Morgan fingerprint density at radius 2 is 2.25 bits per heavy atom. The maximum Gasteiger partial charge on any atom is 0.328 e. The molecule has 2 heterocycles. The van der Waals surface area contributed by atoms with Crippen molar-refractivity contribution in [1.82, 2.24) is 15.5 Å². The van der Waals surface area contributed by atoms with Crippen molar-refractivity contribution < 1.29 is 18.8 Å². The third-order valence-electron chi connectivity index (χ3n) is 2.76. The summed E-state index contributed by atoms with van der Waals surface area (Å²) in [5.41, 5.74) is 1.36. The molecule has 0 spiro atoms. The van der Waals surface area contributed by atoms with E-state index in [1.807, 2.05) is 0 Å². The van der Waals surface area contributed by atoms with Gasteiger partial charge in [-0.3, -0.25) is 4.79 Å². The van der Waals surface area contributed by atoms with Gasteiger partial charge in [0.05, 0.1) is 23.3 Å². The van der Waals surface area contributed by atoms with Gasteiger partial charge in [0.1, 0.15) is 6.04 Å². The molecule has 1 unspecified atom stereocenters. The summed E-state index contributed by atoms with van der Waals surface area (Å²) < 4.78 is 9.79. The lowest BCUT2D eigenvalue weighted by atomic mass is 10.2. The predicted molar refractivity (Wildman–Crippen MR) is 70.1 cm³/mol. The third kappa shape index (κ3) is 2.76. The number of fused-ring (bicyclic) bond motifs is 1. The third-order valence-corrected chi connectivity index (χ3v) is 2.76. The van der Waals surface area contributed by atoms with E-state index in [1.54, 1.807) is 26.8 Å². The Balaban J connectivity index is 2.14. The van der Waals surface area contributed by atoms with Crippen molar-refractivity contribution in [3.63, 3.8) is 0 Å². The topological polar surface area (TPSA) is 94.3 Å². The minimum Gasteiger partial charge on any atom is -0.464 e. The van der Waals surface area contributed by atoms with Crippen LogP contribution in [0.2, 0.25) is 0 Å². The van der Waals surface area contributed by atoms with Crippen molar-refractivity contribution in [2.45, 2.75) is 26.8 Å². The first kappa shape index (κ1) is 14.0. The van der Waals surface area contributed by atoms with Crippen LogP contribution in [0.4, 0.5) is 0 Å². The second-order valence-electron chi connectivity index (χ2n) is 4.29. The first-order valence-electron chi connectivity index (χ1n) is 6.22. The first-order valence-corrected chi connectivity index (χ1v) is 6.22. The Kier molecular flexibility index (Phi) is 3.97. The van der Waals surface area contributed by atoms with Gasteiger partial charge in [-0.15, -0.1) is 0 Å². The van der Waals surface area contributed by atoms with Gasteiger partial charge >= 0.3 is 5.97 Å². The Morgan fingerprint density at radius 1 is 1.50 bits per heavy atom. The van der Waals surface area contributed by atoms with Crippen molar-refractivity contribution >= 4 is 23.0 Å². The van der Waals surface area contributed by atoms with Crippen molar-refractivity contribution in [3.8, 4) is 0 Å². The number of ether oxygens (including phenoxy) is 1. The van der Waals surface area contributed by atoms with E-state index in [1.165, 1.54) is 6.20 Å². The van der Waals surface area contributed by atoms with Crippen molar-refractivity contribution in [2.24, 2.45) is 0 Å². The molecule has 0 fully saturated rings. The van der Waals surface area contributed by atoms with Gasteiger partial charge in [0, 0.05) is 6.20 Å². The van der Waals surface area contributed by atoms with Crippen LogP contribution in [-0.2, 0) is 9.53 Å². The monoisotopic (exact) mass is 277 g/mol. The number of hydrogen-bond donors (Lipinski definition) is 1. The molecule has 20 heavy (non-hydrogen) atoms. The number of nitrogens with one attached hydrogen (secondary N) is 1. The lowest BCUT2D eigenvalue weighted by Gasteiger charge is -2.12. The Labute approximate surface area is 115 Å². The highest BCUT2D eigenvalue weighted by atomic mass is 16.5. The van der Waals surface area contributed by atoms with Gasteiger partial charge in [-0.1, -0.05) is 5.16 Å². The predicted octanol–water partition coefficient (Wildman–Crippen LogP) is 1.21. The lowest BCUT2D eigenvalue weighted by molar-refractivity contribution is -0.144. The van der Waals surface area contributed by atoms with Crippen LogP contribution >= 0.6 is 0 Å². The zero-order chi connectivity index (χ0) is 14.7. The van der Waals surface area contributed by atoms with Gasteiger partial charge in [-0.05, 0) is 26.8 Å². The van der Waals surface area contributed by atoms with Crippen LogP contribution in [0.25, 0.3) is 11.1 Å². The molecule has 0 saturated carbocycles. The van der Waals surface area contributed by atoms with Crippen LogP contribution in [0, 0.1) is 6.92 Å². The summed E-state index contributed by atoms with van der Waals surface area (Å²) in [5.74, 6) is -0.878. The second-order valence-corrected chi connectivity index (χ2v) is 4.29. The number of carbonyl (C=O) groups excluding carboxylic acids is 2. The van der Waals surface area contributed by atoms with Crippen molar-refractivity contribution in [2.75, 3.05) is 6.61 Å². The van der Waals surface area contributed by atoms with Crippen LogP contribution in [0.5, 0.6) is 0 Å². The number of aryl methyl sites for hydroxylation is 1. The molecule has 0 radical (unpaired) electrons. The fraction of sp³-hybridized carbons (Fsp3) is 0.385. The summed E-state index contributed by atoms with van der Waals surface area (Å²) >= 11 is 0. The zero-order valence-electron chi connectivity index (χ0n) is 11.5. The van der Waals surface area contributed by atoms with Crippen LogP contribution in [0.1, 0.15) is 29.9 Å². The maximum absolute atomic E-state index is 12.0. The summed E-state index contributed by atoms with van der Waals surface area (Å²) in [6.45, 7) is 5.30. The molecule has 0 saturated heterocycles. The smallest absolute Gasteiger partial charge is 0.328 e. The van der Waals surface area contributed by atoms with Crippen LogP contribution in [0.15, 0.2) is 16.8 Å². The van der Waals surface area contributed by atoms with Gasteiger partial charge in [0.25, 0.3) is 11.6 Å². The molecule has 0 aliphatic carbocycles. The molecule has 2 rings (SSSR count). The molecule has 1 amide bonds. The van der Waals surface area contributed by atoms with E-state index in [0.29, 0.717) is 22.4 Å². The SMILES string of the molecule is CCOC(=O)C(C)NC(=O)c1cnc2onc(C)c2c1. The molecule has 7 nitrogen and oxygen atoms in total. The highest BCUT2D eigenvalue weighted by Crippen LogP contribution is 2.16. The standard InChI is InChI=1S/C13H15N3O4/c1-4-19-13(18)8(3)15-11(17)9-5-10-7(2)16-20-12(10)14-6-9/h5-6,8H,4H2,1-3H3,(H,15,17). The number of aromatic nitrogens is 2. The number of amides is 1. The van der Waals surface area contributed by atoms with E-state index in [4.69, 9.17) is 9.26 Å². The number of carbonyl (C=O) groups is 2. The summed E-state index contributed by atoms with van der Waals surface area (Å²) in [6, 6.07) is 0.906. The molecular formula is C13H15N3O4. The minimum absolute atomic E-state index is 0.270. The fourth-order valence-corrected chi connectivity index (χ4v) is 1.68. The molecule has 1 atom stereocenters. The average molecular weight is 277 g/mol. The molecule has 7 heteroatoms. The molecule has 2 aromatic heterocycles. The van der Waals surface area contributed by atoms with E-state index in [-0.39, 0.29) is 6.61 Å².